The van der Waals surface area contributed by atoms with Crippen molar-refractivity contribution in [1.82, 2.24) is 42.1 Å². The molecule has 0 aromatic rings. The zero-order valence-electron chi connectivity index (χ0n) is 95.4. The van der Waals surface area contributed by atoms with Gasteiger partial charge in [-0.3, -0.25) is 0 Å². The van der Waals surface area contributed by atoms with Crippen molar-refractivity contribution in [2.75, 3.05) is 59.5 Å². The maximum atomic E-state index is 12.1. The van der Waals surface area contributed by atoms with Gasteiger partial charge in [-0.15, -0.1) is 0 Å². The maximum Gasteiger partial charge on any atom is 0.410 e. The van der Waals surface area contributed by atoms with Crippen LogP contribution in [0.2, 0.25) is 0 Å². The summed E-state index contributed by atoms with van der Waals surface area (Å²) in [6, 6.07) is 0.140. The second-order valence-corrected chi connectivity index (χ2v) is 47.1. The van der Waals surface area contributed by atoms with Crippen LogP contribution in [0.3, 0.4) is 0 Å². The van der Waals surface area contributed by atoms with Crippen molar-refractivity contribution in [1.29, 1.82) is 0 Å². The van der Waals surface area contributed by atoms with E-state index >= 15 is 0 Å². The SMILES string of the molecule is CC(C)CNC(=O)OC1CC(C)CCC1C(C)C.CC1CCC(C(C)C)C(OC(=O)NC(C)C)C1.CC1CCC(C(C)C)C(OC(=O)NCCO)C1.CCCCCCNC(=O)OC1CC(C)CCC1C(C)C.CCCCNC(=O)OC1CC(C)CCC1C(C)C.CCN(CC)C(=O)OC1CC(C)CCC1C(C)C.CCNC(=O)OC1CC(C)CCC1C(C)C.CNC(=O)OC1CC(C)CCC1C(C)C. The standard InChI is InChI=1S/C17H33NO2.3C15H29NO2.C14H27NO2.C13H25NO3.C13H25NO2.C12H23NO2/c1-5-6-7-8-11-18-17(19)20-16-12-14(4)9-10-15(16)13(2)3;1-10(2)9-16-15(17)18-14-8-12(5)6-7-13(14)11(3)4;1-6-16(7-2)15(17)18-14-10-12(5)8-9-13(14)11(3)4;1-5-6-9-16-15(17)18-14-10-12(4)7-8-13(14)11(2)3;1-9(2)12-7-6-11(5)8-13(12)17-14(16)15-10(3)4;1-9(2)11-5-4-10(3)8-12(11)17-13(16)14-6-7-15;1-5-14-13(15)16-12-8-10(4)6-7-11(12)9(2)3;1-8(2)10-6-5-9(3)7-11(10)15-12(14)13-4/h13-16H,5-12H2,1-4H3,(H,18,19);10-14H,6-9H2,1-5H3,(H,16,17);11-14H,6-10H2,1-5H3;11-14H,5-10H2,1-4H3,(H,16,17);9-13H,6-8H2,1-5H3,(H,15,16);9-12,15H,4-8H2,1-3H3,(H,14,16);9-12H,5-8H2,1-4H3,(H,14,15);8-11H,5-7H2,1-4H3,(H,13,14). The summed E-state index contributed by atoms with van der Waals surface area (Å²) in [5.74, 6) is 14.6. The number of carbonyl (C=O) groups excluding carboxylic acids is 8. The summed E-state index contributed by atoms with van der Waals surface area (Å²) >= 11 is 0. The number of carbonyl (C=O) groups is 8. The van der Waals surface area contributed by atoms with Crippen molar-refractivity contribution in [3.63, 3.8) is 0 Å². The number of nitrogens with one attached hydrogen (secondary N) is 7. The summed E-state index contributed by atoms with van der Waals surface area (Å²) in [6.07, 6.45) is 33.1. The first-order valence-electron chi connectivity index (χ1n) is 56.6. The fraction of sp³-hybridized carbons (Fsp3) is 0.930. The van der Waals surface area contributed by atoms with Crippen LogP contribution in [0.25, 0.3) is 0 Å². The molecular formula is C114H220N8O17. The Kier molecular flexibility index (Phi) is 69.1. The van der Waals surface area contributed by atoms with Gasteiger partial charge in [-0.1, -0.05) is 271 Å². The number of unbranched alkanes of at least 4 members (excludes halogenated alkanes) is 4. The Morgan fingerprint density at radius 3 is 0.734 bits per heavy atom. The molecule has 0 saturated heterocycles. The molecule has 25 nitrogen and oxygen atoms in total. The molecule has 8 N–H and O–H groups in total. The first-order chi connectivity index (χ1) is 65.5. The van der Waals surface area contributed by atoms with E-state index in [2.05, 4.69) is 231 Å². The number of ether oxygens (including phenoxy) is 8. The largest absolute Gasteiger partial charge is 0.446 e. The number of aliphatic hydroxyl groups is 1. The quantitative estimate of drug-likeness (QED) is 0.0229. The summed E-state index contributed by atoms with van der Waals surface area (Å²) in [5.41, 5.74) is 0. The zero-order chi connectivity index (χ0) is 105. The fourth-order valence-electron chi connectivity index (χ4n) is 21.9. The third-order valence-electron chi connectivity index (χ3n) is 30.8. The number of hydrogen-bond donors (Lipinski definition) is 8. The smallest absolute Gasteiger partial charge is 0.410 e. The van der Waals surface area contributed by atoms with Crippen molar-refractivity contribution in [2.24, 2.45) is 148 Å². The summed E-state index contributed by atoms with van der Waals surface area (Å²) < 4.78 is 44.8. The van der Waals surface area contributed by atoms with Crippen LogP contribution in [0.4, 0.5) is 38.4 Å². The molecule has 8 amide bonds. The summed E-state index contributed by atoms with van der Waals surface area (Å²) in [5, 5.41) is 27.8. The molecule has 8 rings (SSSR count). The second kappa shape index (κ2) is 73.2. The number of rotatable bonds is 32. The fourth-order valence-corrected chi connectivity index (χ4v) is 21.9. The van der Waals surface area contributed by atoms with E-state index in [1.807, 2.05) is 34.6 Å². The lowest BCUT2D eigenvalue weighted by Gasteiger charge is -2.37. The van der Waals surface area contributed by atoms with Crippen molar-refractivity contribution < 1.29 is 81.4 Å². The van der Waals surface area contributed by atoms with E-state index in [0.29, 0.717) is 161 Å². The topological polar surface area (TPSA) is 318 Å². The van der Waals surface area contributed by atoms with Gasteiger partial charge in [0.15, 0.2) is 0 Å². The summed E-state index contributed by atoms with van der Waals surface area (Å²) in [6.45, 7) is 76.2. The normalized spacial score (nSPS) is 28.8. The van der Waals surface area contributed by atoms with Gasteiger partial charge >= 0.3 is 48.7 Å². The molecule has 0 aromatic heterocycles. The molecule has 24 unspecified atom stereocenters. The van der Waals surface area contributed by atoms with Crippen LogP contribution in [0, 0.1) is 148 Å². The maximum absolute atomic E-state index is 12.1. The third kappa shape index (κ3) is 55.9. The van der Waals surface area contributed by atoms with Gasteiger partial charge in [0.2, 0.25) is 0 Å². The van der Waals surface area contributed by atoms with Crippen LogP contribution in [0.1, 0.15) is 421 Å². The van der Waals surface area contributed by atoms with Gasteiger partial charge in [-0.05, 0) is 298 Å². The molecule has 8 fully saturated rings. The number of hydrogen-bond acceptors (Lipinski definition) is 17. The van der Waals surface area contributed by atoms with Crippen LogP contribution in [-0.2, 0) is 37.9 Å². The molecule has 0 bridgehead atoms. The first-order valence-corrected chi connectivity index (χ1v) is 56.6. The lowest BCUT2D eigenvalue weighted by Crippen LogP contribution is -2.40. The van der Waals surface area contributed by atoms with Crippen LogP contribution < -0.4 is 37.2 Å². The van der Waals surface area contributed by atoms with Crippen molar-refractivity contribution >= 4 is 48.7 Å². The minimum Gasteiger partial charge on any atom is -0.446 e. The molecule has 0 heterocycles. The number of nitrogens with zero attached hydrogens (tertiary/aromatic N) is 1. The van der Waals surface area contributed by atoms with E-state index in [-0.39, 0.29) is 111 Å². The highest BCUT2D eigenvalue weighted by Gasteiger charge is 2.42. The number of amides is 8. The average molecular weight is 1980 g/mol. The highest BCUT2D eigenvalue weighted by molar-refractivity contribution is 5.70. The Bertz CT molecular complexity index is 3230. The van der Waals surface area contributed by atoms with Gasteiger partial charge in [0.1, 0.15) is 48.8 Å². The molecule has 24 atom stereocenters. The van der Waals surface area contributed by atoms with E-state index in [1.165, 1.54) is 116 Å². The second-order valence-electron chi connectivity index (χ2n) is 47.1. The monoisotopic (exact) mass is 1970 g/mol. The zero-order valence-corrected chi connectivity index (χ0v) is 95.4. The van der Waals surface area contributed by atoms with Gasteiger partial charge in [0, 0.05) is 58.9 Å². The van der Waals surface area contributed by atoms with Crippen LogP contribution in [0.5, 0.6) is 0 Å². The Labute approximate surface area is 851 Å². The van der Waals surface area contributed by atoms with Gasteiger partial charge in [0.25, 0.3) is 0 Å². The molecule has 139 heavy (non-hydrogen) atoms. The summed E-state index contributed by atoms with van der Waals surface area (Å²) in [7, 11) is 1.61. The van der Waals surface area contributed by atoms with Crippen LogP contribution in [0.15, 0.2) is 0 Å². The van der Waals surface area contributed by atoms with Gasteiger partial charge < -0.3 is 85.1 Å². The van der Waals surface area contributed by atoms with E-state index in [9.17, 15) is 38.4 Å². The first kappa shape index (κ1) is 131. The molecule has 8 aliphatic rings. The molecule has 0 aromatic carbocycles. The molecular weight excluding hydrogens is 1750 g/mol. The van der Waals surface area contributed by atoms with Gasteiger partial charge in [-0.2, -0.15) is 0 Å². The molecule has 0 aliphatic heterocycles. The lowest BCUT2D eigenvalue weighted by molar-refractivity contribution is -0.00921. The lowest BCUT2D eigenvalue weighted by atomic mass is 9.75. The van der Waals surface area contributed by atoms with Gasteiger partial charge in [0.05, 0.1) is 6.61 Å². The molecule has 818 valence electrons. The highest BCUT2D eigenvalue weighted by atomic mass is 16.6. The Morgan fingerprint density at radius 2 is 0.511 bits per heavy atom. The number of alkyl carbamates (subject to hydrolysis) is 7. The summed E-state index contributed by atoms with van der Waals surface area (Å²) in [4.78, 5) is 95.0. The average Bonchev–Trinajstić information content (AvgIpc) is 0.945. The molecule has 8 saturated carbocycles. The van der Waals surface area contributed by atoms with Gasteiger partial charge in [-0.25, -0.2) is 38.4 Å². The van der Waals surface area contributed by atoms with Crippen LogP contribution >= 0.6 is 0 Å². The minimum atomic E-state index is -0.399. The van der Waals surface area contributed by atoms with E-state index in [4.69, 9.17) is 43.0 Å². The molecule has 0 spiro atoms. The van der Waals surface area contributed by atoms with E-state index in [1.54, 1.807) is 11.9 Å². The van der Waals surface area contributed by atoms with Crippen molar-refractivity contribution in [3.05, 3.63) is 0 Å². The predicted molar refractivity (Wildman–Crippen MR) is 570 cm³/mol. The minimum absolute atomic E-state index is 0.0254. The Balaban J connectivity index is 0.000000795. The molecule has 8 aliphatic carbocycles. The van der Waals surface area contributed by atoms with E-state index in [0.717, 1.165) is 103 Å². The Morgan fingerprint density at radius 1 is 0.281 bits per heavy atom. The van der Waals surface area contributed by atoms with Crippen molar-refractivity contribution in [3.8, 4) is 0 Å². The van der Waals surface area contributed by atoms with Crippen LogP contribution in [-0.4, -0.2) is 173 Å². The van der Waals surface area contributed by atoms with Crippen molar-refractivity contribution in [2.45, 2.75) is 476 Å². The van der Waals surface area contributed by atoms with E-state index < -0.39 is 6.09 Å². The molecule has 25 heteroatoms. The molecule has 0 radical (unpaired) electrons. The number of aliphatic hydroxyl groups excluding tert-OH is 1. The third-order valence-corrected chi connectivity index (χ3v) is 30.8. The predicted octanol–water partition coefficient (Wildman–Crippen LogP) is 28.2. The highest BCUT2D eigenvalue weighted by Crippen LogP contribution is 2.43. The Hall–Kier alpha value is -5.88.